The van der Waals surface area contributed by atoms with Crippen LogP contribution in [-0.2, 0) is 14.3 Å². The summed E-state index contributed by atoms with van der Waals surface area (Å²) < 4.78 is 5.47. The monoisotopic (exact) mass is 420 g/mol. The third kappa shape index (κ3) is 3.54. The van der Waals surface area contributed by atoms with Crippen LogP contribution in [0.15, 0.2) is 48.5 Å². The van der Waals surface area contributed by atoms with Gasteiger partial charge >= 0.3 is 12.1 Å². The normalized spacial score (nSPS) is 23.0. The van der Waals surface area contributed by atoms with Crippen LogP contribution in [-0.4, -0.2) is 54.2 Å². The maximum atomic E-state index is 12.3. The second kappa shape index (κ2) is 7.72. The fourth-order valence-electron chi connectivity index (χ4n) is 5.18. The van der Waals surface area contributed by atoms with E-state index in [0.29, 0.717) is 13.1 Å². The van der Waals surface area contributed by atoms with Crippen LogP contribution < -0.4 is 5.32 Å². The number of fused-ring (bicyclic) bond motifs is 4. The Kier molecular flexibility index (Phi) is 4.88. The van der Waals surface area contributed by atoms with Crippen LogP contribution >= 0.6 is 0 Å². The molecule has 7 heteroatoms. The van der Waals surface area contributed by atoms with Crippen LogP contribution in [0.4, 0.5) is 4.79 Å². The van der Waals surface area contributed by atoms with Gasteiger partial charge in [0.25, 0.3) is 0 Å². The number of carbonyl (C=O) groups is 3. The number of rotatable bonds is 6. The van der Waals surface area contributed by atoms with Gasteiger partial charge in [-0.05, 0) is 34.1 Å². The number of carboxylic acids is 1. The molecule has 0 radical (unpaired) electrons. The highest BCUT2D eigenvalue weighted by Gasteiger charge is 2.60. The molecule has 7 nitrogen and oxygen atoms in total. The molecular formula is C24H24N2O5. The van der Waals surface area contributed by atoms with Crippen molar-refractivity contribution in [2.24, 2.45) is 17.8 Å². The lowest BCUT2D eigenvalue weighted by atomic mass is 9.98. The van der Waals surface area contributed by atoms with Crippen molar-refractivity contribution < 1.29 is 24.2 Å². The van der Waals surface area contributed by atoms with Gasteiger partial charge in [0.05, 0.1) is 5.92 Å². The third-order valence-corrected chi connectivity index (χ3v) is 6.78. The molecule has 2 aromatic carbocycles. The van der Waals surface area contributed by atoms with Gasteiger partial charge in [-0.25, -0.2) is 4.79 Å². The molecule has 160 valence electrons. The fraction of sp³-hybridized carbons (Fsp3) is 0.375. The third-order valence-electron chi connectivity index (χ3n) is 6.78. The number of hydrogen-bond acceptors (Lipinski definition) is 4. The second-order valence-electron chi connectivity index (χ2n) is 8.49. The number of hydrogen-bond donors (Lipinski definition) is 2. The molecule has 3 aliphatic rings. The maximum absolute atomic E-state index is 12.3. The number of nitrogens with one attached hydrogen (secondary N) is 1. The molecule has 2 aliphatic carbocycles. The van der Waals surface area contributed by atoms with E-state index in [4.69, 9.17) is 9.84 Å². The van der Waals surface area contributed by atoms with Gasteiger partial charge in [-0.3, -0.25) is 9.59 Å². The second-order valence-corrected chi connectivity index (χ2v) is 8.49. The predicted molar refractivity (Wildman–Crippen MR) is 112 cm³/mol. The van der Waals surface area contributed by atoms with Gasteiger partial charge in [-0.1, -0.05) is 48.5 Å². The maximum Gasteiger partial charge on any atom is 0.407 e. The Morgan fingerprint density at radius 3 is 2.13 bits per heavy atom. The number of aliphatic carboxylic acids is 1. The number of benzene rings is 2. The lowest BCUT2D eigenvalue weighted by molar-refractivity contribution is -0.141. The smallest absolute Gasteiger partial charge is 0.407 e. The van der Waals surface area contributed by atoms with Crippen molar-refractivity contribution in [2.75, 3.05) is 26.2 Å². The summed E-state index contributed by atoms with van der Waals surface area (Å²) in [6.07, 6.45) is -0.355. The minimum absolute atomic E-state index is 0.00159. The number of likely N-dealkylation sites (tertiary alicyclic amines) is 1. The zero-order valence-electron chi connectivity index (χ0n) is 17.0. The Bertz CT molecular complexity index is 994. The summed E-state index contributed by atoms with van der Waals surface area (Å²) >= 11 is 0. The van der Waals surface area contributed by atoms with Gasteiger partial charge in [0.2, 0.25) is 5.91 Å². The van der Waals surface area contributed by atoms with Crippen molar-refractivity contribution in [3.05, 3.63) is 59.7 Å². The van der Waals surface area contributed by atoms with Gasteiger partial charge in [0.1, 0.15) is 6.61 Å². The first-order valence-corrected chi connectivity index (χ1v) is 10.6. The Balaban J connectivity index is 1.09. The molecule has 1 aliphatic heterocycles. The van der Waals surface area contributed by atoms with E-state index >= 15 is 0 Å². The first-order valence-electron chi connectivity index (χ1n) is 10.6. The van der Waals surface area contributed by atoms with Crippen molar-refractivity contribution in [1.82, 2.24) is 10.2 Å². The van der Waals surface area contributed by atoms with Crippen LogP contribution in [0.5, 0.6) is 0 Å². The van der Waals surface area contributed by atoms with Crippen molar-refractivity contribution in [2.45, 2.75) is 12.3 Å². The highest BCUT2D eigenvalue weighted by atomic mass is 16.5. The predicted octanol–water partition coefficient (Wildman–Crippen LogP) is 2.70. The SMILES string of the molecule is O=C(NCCC(=O)N1C[C@@H]2C(C(=O)O)[C@@H]2C1)OCC1c2ccccc2-c2ccccc21. The number of carboxylic acid groups (broad SMARTS) is 1. The first kappa shape index (κ1) is 19.6. The Morgan fingerprint density at radius 1 is 0.968 bits per heavy atom. The largest absolute Gasteiger partial charge is 0.481 e. The van der Waals surface area contributed by atoms with Crippen molar-refractivity contribution in [1.29, 1.82) is 0 Å². The molecule has 2 amide bonds. The van der Waals surface area contributed by atoms with Crippen LogP contribution in [0.2, 0.25) is 0 Å². The summed E-state index contributed by atoms with van der Waals surface area (Å²) in [5, 5.41) is 11.7. The number of carbonyl (C=O) groups excluding carboxylic acids is 2. The van der Waals surface area contributed by atoms with Gasteiger partial charge < -0.3 is 20.1 Å². The summed E-state index contributed by atoms with van der Waals surface area (Å²) in [5.74, 6) is -0.927. The minimum Gasteiger partial charge on any atom is -0.481 e. The molecule has 2 aromatic rings. The van der Waals surface area contributed by atoms with E-state index in [2.05, 4.69) is 29.6 Å². The molecule has 3 atom stereocenters. The van der Waals surface area contributed by atoms with E-state index in [1.54, 1.807) is 4.90 Å². The molecule has 1 saturated heterocycles. The zero-order valence-corrected chi connectivity index (χ0v) is 17.0. The highest BCUT2D eigenvalue weighted by Crippen LogP contribution is 2.51. The number of amides is 2. The van der Waals surface area contributed by atoms with Crippen LogP contribution in [0, 0.1) is 17.8 Å². The van der Waals surface area contributed by atoms with Gasteiger partial charge in [-0.2, -0.15) is 0 Å². The molecule has 0 spiro atoms. The van der Waals surface area contributed by atoms with Crippen LogP contribution in [0.3, 0.4) is 0 Å². The fourth-order valence-corrected chi connectivity index (χ4v) is 5.18. The topological polar surface area (TPSA) is 95.9 Å². The van der Waals surface area contributed by atoms with E-state index in [0.717, 1.165) is 11.1 Å². The van der Waals surface area contributed by atoms with Crippen molar-refractivity contribution >= 4 is 18.0 Å². The van der Waals surface area contributed by atoms with E-state index < -0.39 is 12.1 Å². The van der Waals surface area contributed by atoms with Gasteiger partial charge in [-0.15, -0.1) is 0 Å². The van der Waals surface area contributed by atoms with E-state index in [1.807, 2.05) is 24.3 Å². The molecule has 1 unspecified atom stereocenters. The Morgan fingerprint density at radius 2 is 1.55 bits per heavy atom. The molecule has 0 aromatic heterocycles. The van der Waals surface area contributed by atoms with E-state index in [9.17, 15) is 14.4 Å². The van der Waals surface area contributed by atoms with Crippen LogP contribution in [0.25, 0.3) is 11.1 Å². The van der Waals surface area contributed by atoms with Crippen molar-refractivity contribution in [3.8, 4) is 11.1 Å². The van der Waals surface area contributed by atoms with Crippen molar-refractivity contribution in [3.63, 3.8) is 0 Å². The highest BCUT2D eigenvalue weighted by molar-refractivity contribution is 5.80. The Labute approximate surface area is 180 Å². The first-order chi connectivity index (χ1) is 15.0. The molecule has 5 rings (SSSR count). The number of nitrogens with zero attached hydrogens (tertiary/aromatic N) is 1. The molecule has 2 fully saturated rings. The molecule has 1 saturated carbocycles. The minimum atomic E-state index is -0.765. The molecule has 31 heavy (non-hydrogen) atoms. The molecule has 0 bridgehead atoms. The quantitative estimate of drug-likeness (QED) is 0.749. The van der Waals surface area contributed by atoms with Gasteiger partial charge in [0, 0.05) is 32.0 Å². The summed E-state index contributed by atoms with van der Waals surface area (Å²) in [5.41, 5.74) is 4.65. The zero-order chi connectivity index (χ0) is 21.5. The van der Waals surface area contributed by atoms with Gasteiger partial charge in [0.15, 0.2) is 0 Å². The standard InChI is InChI=1S/C24H24N2O5/c27-21(26-11-18-19(12-26)22(18)23(28)29)9-10-25-24(30)31-13-20-16-7-3-1-5-14(16)15-6-2-4-8-17(15)20/h1-8,18-20,22H,9-13H2,(H,25,30)(H,28,29)/t18-,19+,22?. The number of piperidine rings is 1. The molecule has 2 N–H and O–H groups in total. The molecule has 1 heterocycles. The summed E-state index contributed by atoms with van der Waals surface area (Å²) in [7, 11) is 0. The molecular weight excluding hydrogens is 396 g/mol. The summed E-state index contributed by atoms with van der Waals surface area (Å²) in [6.45, 7) is 1.44. The lowest BCUT2D eigenvalue weighted by Gasteiger charge is -2.19. The average Bonchev–Trinajstić information content (AvgIpc) is 3.13. The van der Waals surface area contributed by atoms with E-state index in [-0.39, 0.29) is 49.2 Å². The summed E-state index contributed by atoms with van der Waals surface area (Å²) in [4.78, 5) is 37.2. The Hall–Kier alpha value is -3.35. The van der Waals surface area contributed by atoms with E-state index in [1.165, 1.54) is 11.1 Å². The number of alkyl carbamates (subject to hydrolysis) is 1. The lowest BCUT2D eigenvalue weighted by Crippen LogP contribution is -2.35. The number of ether oxygens (including phenoxy) is 1. The van der Waals surface area contributed by atoms with Crippen LogP contribution in [0.1, 0.15) is 23.5 Å². The summed E-state index contributed by atoms with van der Waals surface area (Å²) in [6, 6.07) is 16.3. The average molecular weight is 420 g/mol.